The number of nitrogens with two attached hydrogens (primary N) is 1. The summed E-state index contributed by atoms with van der Waals surface area (Å²) in [6.45, 7) is 1.09. The summed E-state index contributed by atoms with van der Waals surface area (Å²) in [5, 5.41) is 13.7. The molecule has 13 heteroatoms. The van der Waals surface area contributed by atoms with Crippen LogP contribution in [0.4, 0.5) is 18.3 Å². The Labute approximate surface area is 161 Å². The van der Waals surface area contributed by atoms with Gasteiger partial charge in [0.15, 0.2) is 15.0 Å². The molecule has 0 amide bonds. The number of piperidine rings is 1. The third-order valence-electron chi connectivity index (χ3n) is 4.57. The van der Waals surface area contributed by atoms with Crippen LogP contribution in [0.15, 0.2) is 28.7 Å². The Bertz CT molecular complexity index is 1120. The second-order valence-corrected chi connectivity index (χ2v) is 9.29. The Morgan fingerprint density at radius 2 is 2.04 bits per heavy atom. The average molecular weight is 432 g/mol. The van der Waals surface area contributed by atoms with Crippen molar-refractivity contribution in [2.24, 2.45) is 5.14 Å². The van der Waals surface area contributed by atoms with Gasteiger partial charge in [0.1, 0.15) is 5.82 Å². The number of nitrogens with zero attached hydrogens (tertiary/aromatic N) is 5. The Kier molecular flexibility index (Phi) is 4.55. The van der Waals surface area contributed by atoms with E-state index in [1.54, 1.807) is 0 Å². The molecule has 0 saturated carbocycles. The molecule has 0 radical (unpaired) electrons. The number of alkyl halides is 3. The van der Waals surface area contributed by atoms with Crippen molar-refractivity contribution in [2.45, 2.75) is 29.1 Å². The topological polar surface area (TPSA) is 106 Å². The fourth-order valence-electron chi connectivity index (χ4n) is 3.24. The number of halogens is 3. The molecule has 3 aromatic heterocycles. The zero-order valence-corrected chi connectivity index (χ0v) is 15.9. The maximum atomic E-state index is 13.0. The first-order valence-electron chi connectivity index (χ1n) is 8.28. The minimum atomic E-state index is -4.46. The summed E-state index contributed by atoms with van der Waals surface area (Å²) >= 11 is 0.965. The zero-order valence-electron chi connectivity index (χ0n) is 14.3. The molecule has 2 N–H and O–H groups in total. The third-order valence-corrected chi connectivity index (χ3v) is 7.03. The van der Waals surface area contributed by atoms with Gasteiger partial charge in [-0.3, -0.25) is 4.40 Å². The molecule has 0 aromatic carbocycles. The summed E-state index contributed by atoms with van der Waals surface area (Å²) in [5.41, 5.74) is -0.433. The van der Waals surface area contributed by atoms with Crippen LogP contribution in [-0.2, 0) is 16.2 Å². The van der Waals surface area contributed by atoms with E-state index in [1.807, 2.05) is 4.90 Å². The van der Waals surface area contributed by atoms with Gasteiger partial charge in [0.2, 0.25) is 10.0 Å². The van der Waals surface area contributed by atoms with Crippen LogP contribution < -0.4 is 10.0 Å². The van der Waals surface area contributed by atoms with Crippen LogP contribution in [0, 0.1) is 0 Å². The molecule has 1 atom stereocenters. The number of pyridine rings is 1. The van der Waals surface area contributed by atoms with Crippen LogP contribution in [0.2, 0.25) is 0 Å². The number of primary sulfonamides is 1. The first-order chi connectivity index (χ1) is 13.1. The summed E-state index contributed by atoms with van der Waals surface area (Å²) in [4.78, 5) is 6.02. The summed E-state index contributed by atoms with van der Waals surface area (Å²) < 4.78 is 63.4. The molecule has 1 aliphatic rings. The van der Waals surface area contributed by atoms with Crippen molar-refractivity contribution in [1.29, 1.82) is 0 Å². The predicted molar refractivity (Wildman–Crippen MR) is 95.7 cm³/mol. The summed E-state index contributed by atoms with van der Waals surface area (Å²) in [6, 6.07) is 2.27. The van der Waals surface area contributed by atoms with Crippen molar-refractivity contribution >= 4 is 32.1 Å². The molecule has 1 saturated heterocycles. The van der Waals surface area contributed by atoms with Gasteiger partial charge < -0.3 is 4.90 Å². The van der Waals surface area contributed by atoms with Gasteiger partial charge in [0.05, 0.1) is 11.8 Å². The molecule has 8 nitrogen and oxygen atoms in total. The van der Waals surface area contributed by atoms with Crippen molar-refractivity contribution in [2.75, 3.05) is 18.0 Å². The molecular formula is C15H15F3N6O2S2. The molecule has 4 heterocycles. The second-order valence-electron chi connectivity index (χ2n) is 6.49. The standard InChI is InChI=1S/C15H15F3N6O2S2/c16-15(17,18)10-3-4-11-21-22-13(24(11)8-10)9-2-1-5-23(7-9)14-20-6-12(27-14)28(19,25)26/h3-4,6,8-9H,1-2,5,7H2,(H2,19,25,26). The molecule has 3 aromatic rings. The number of hydrogen-bond acceptors (Lipinski definition) is 7. The molecule has 0 aliphatic carbocycles. The second kappa shape index (κ2) is 6.67. The zero-order chi connectivity index (χ0) is 20.1. The minimum absolute atomic E-state index is 0.0348. The average Bonchev–Trinajstić information content (AvgIpc) is 3.27. The van der Waals surface area contributed by atoms with Crippen molar-refractivity contribution in [3.63, 3.8) is 0 Å². The van der Waals surface area contributed by atoms with E-state index in [9.17, 15) is 21.6 Å². The maximum Gasteiger partial charge on any atom is 0.417 e. The molecule has 0 spiro atoms. The minimum Gasteiger partial charge on any atom is -0.347 e. The smallest absolute Gasteiger partial charge is 0.347 e. The molecule has 0 bridgehead atoms. The van der Waals surface area contributed by atoms with E-state index < -0.39 is 21.8 Å². The van der Waals surface area contributed by atoms with E-state index in [1.165, 1.54) is 16.7 Å². The first kappa shape index (κ1) is 19.1. The highest BCUT2D eigenvalue weighted by Crippen LogP contribution is 2.34. The predicted octanol–water partition coefficient (Wildman–Crippen LogP) is 2.24. The van der Waals surface area contributed by atoms with Crippen LogP contribution in [0.1, 0.15) is 30.1 Å². The lowest BCUT2D eigenvalue weighted by atomic mass is 9.97. The summed E-state index contributed by atoms with van der Waals surface area (Å²) in [5.74, 6) is 0.267. The lowest BCUT2D eigenvalue weighted by Crippen LogP contribution is -2.35. The third kappa shape index (κ3) is 3.56. The Hall–Kier alpha value is -2.25. The highest BCUT2D eigenvalue weighted by molar-refractivity contribution is 7.91. The maximum absolute atomic E-state index is 13.0. The van der Waals surface area contributed by atoms with Crippen molar-refractivity contribution in [3.8, 4) is 0 Å². The van der Waals surface area contributed by atoms with Gasteiger partial charge in [-0.2, -0.15) is 13.2 Å². The number of fused-ring (bicyclic) bond motifs is 1. The molecule has 1 aliphatic heterocycles. The number of sulfonamides is 1. The van der Waals surface area contributed by atoms with Crippen molar-refractivity contribution in [1.82, 2.24) is 19.6 Å². The van der Waals surface area contributed by atoms with Gasteiger partial charge in [0, 0.05) is 25.2 Å². The van der Waals surface area contributed by atoms with Crippen LogP contribution in [0.5, 0.6) is 0 Å². The molecular weight excluding hydrogens is 417 g/mol. The van der Waals surface area contributed by atoms with E-state index in [0.717, 1.165) is 36.4 Å². The van der Waals surface area contributed by atoms with E-state index in [2.05, 4.69) is 15.2 Å². The fourth-order valence-corrected chi connectivity index (χ4v) is 4.82. The van der Waals surface area contributed by atoms with Crippen LogP contribution >= 0.6 is 11.3 Å². The van der Waals surface area contributed by atoms with Crippen LogP contribution in [-0.4, -0.2) is 41.1 Å². The van der Waals surface area contributed by atoms with Gasteiger partial charge >= 0.3 is 6.18 Å². The van der Waals surface area contributed by atoms with E-state index in [0.29, 0.717) is 29.7 Å². The van der Waals surface area contributed by atoms with Gasteiger partial charge in [-0.05, 0) is 25.0 Å². The monoisotopic (exact) mass is 432 g/mol. The summed E-state index contributed by atoms with van der Waals surface area (Å²) in [7, 11) is -3.83. The SMILES string of the molecule is NS(=O)(=O)c1cnc(N2CCCC(c3nnc4ccc(C(F)(F)F)cn34)C2)s1. The highest BCUT2D eigenvalue weighted by Gasteiger charge is 2.32. The molecule has 1 fully saturated rings. The van der Waals surface area contributed by atoms with Crippen LogP contribution in [0.25, 0.3) is 5.65 Å². The lowest BCUT2D eigenvalue weighted by molar-refractivity contribution is -0.137. The quantitative estimate of drug-likeness (QED) is 0.680. The number of rotatable bonds is 3. The Morgan fingerprint density at radius 1 is 1.25 bits per heavy atom. The number of hydrogen-bond donors (Lipinski definition) is 1. The highest BCUT2D eigenvalue weighted by atomic mass is 32.2. The largest absolute Gasteiger partial charge is 0.417 e. The van der Waals surface area contributed by atoms with Crippen LogP contribution in [0.3, 0.4) is 0 Å². The van der Waals surface area contributed by atoms with E-state index in [4.69, 9.17) is 5.14 Å². The van der Waals surface area contributed by atoms with Gasteiger partial charge in [-0.1, -0.05) is 11.3 Å². The molecule has 1 unspecified atom stereocenters. The Morgan fingerprint density at radius 3 is 2.71 bits per heavy atom. The molecule has 4 rings (SSSR count). The molecule has 28 heavy (non-hydrogen) atoms. The normalized spacial score (nSPS) is 18.7. The Balaban J connectivity index is 1.64. The van der Waals surface area contributed by atoms with Gasteiger partial charge in [-0.25, -0.2) is 18.5 Å². The van der Waals surface area contributed by atoms with E-state index >= 15 is 0 Å². The lowest BCUT2D eigenvalue weighted by Gasteiger charge is -2.31. The number of anilines is 1. The first-order valence-corrected chi connectivity index (χ1v) is 10.6. The summed E-state index contributed by atoms with van der Waals surface area (Å²) in [6.07, 6.45) is -0.768. The number of aromatic nitrogens is 4. The van der Waals surface area contributed by atoms with Gasteiger partial charge in [-0.15, -0.1) is 10.2 Å². The fraction of sp³-hybridized carbons (Fsp3) is 0.400. The number of thiazole rings is 1. The molecule has 150 valence electrons. The van der Waals surface area contributed by atoms with Crippen molar-refractivity contribution < 1.29 is 21.6 Å². The van der Waals surface area contributed by atoms with E-state index in [-0.39, 0.29) is 10.1 Å². The van der Waals surface area contributed by atoms with Gasteiger partial charge in [0.25, 0.3) is 0 Å². The van der Waals surface area contributed by atoms with Crippen molar-refractivity contribution in [3.05, 3.63) is 35.9 Å².